The maximum Gasteiger partial charge on any atom is 0.122 e. The van der Waals surface area contributed by atoms with E-state index in [9.17, 15) is 0 Å². The highest BCUT2D eigenvalue weighted by molar-refractivity contribution is 5.40. The number of benzene rings is 2. The van der Waals surface area contributed by atoms with Crippen LogP contribution in [0.2, 0.25) is 0 Å². The van der Waals surface area contributed by atoms with Crippen LogP contribution >= 0.6 is 0 Å². The van der Waals surface area contributed by atoms with Crippen LogP contribution in [-0.2, 0) is 6.42 Å². The van der Waals surface area contributed by atoms with Crippen molar-refractivity contribution < 1.29 is 9.47 Å². The first-order valence-electron chi connectivity index (χ1n) is 7.27. The van der Waals surface area contributed by atoms with Gasteiger partial charge in [-0.1, -0.05) is 37.3 Å². The lowest BCUT2D eigenvalue weighted by molar-refractivity contribution is 0.391. The first-order valence-corrected chi connectivity index (χ1v) is 7.27. The molecular weight excluding hydrogens is 262 g/mol. The molecule has 0 fully saturated rings. The number of hydrogen-bond donors (Lipinski definition) is 1. The summed E-state index contributed by atoms with van der Waals surface area (Å²) in [6.07, 6.45) is 0.936. The molecule has 1 N–H and O–H groups in total. The Morgan fingerprint density at radius 3 is 2.10 bits per heavy atom. The van der Waals surface area contributed by atoms with Crippen molar-refractivity contribution in [1.29, 1.82) is 0 Å². The fourth-order valence-corrected chi connectivity index (χ4v) is 2.43. The highest BCUT2D eigenvalue weighted by Crippen LogP contribution is 2.28. The van der Waals surface area contributed by atoms with Gasteiger partial charge >= 0.3 is 0 Å². The maximum atomic E-state index is 5.37. The Hall–Kier alpha value is -2.00. The van der Waals surface area contributed by atoms with Gasteiger partial charge in [0.25, 0.3) is 0 Å². The fourth-order valence-electron chi connectivity index (χ4n) is 2.43. The molecule has 3 heteroatoms. The third-order valence-electron chi connectivity index (χ3n) is 3.51. The second kappa shape index (κ2) is 7.70. The van der Waals surface area contributed by atoms with Crippen molar-refractivity contribution in [3.63, 3.8) is 0 Å². The summed E-state index contributed by atoms with van der Waals surface area (Å²) >= 11 is 0. The molecule has 1 unspecified atom stereocenters. The first-order chi connectivity index (χ1) is 10.3. The molecule has 0 heterocycles. The molecule has 0 aliphatic carbocycles. The molecular formula is C18H23NO2. The summed E-state index contributed by atoms with van der Waals surface area (Å²) in [5.41, 5.74) is 2.49. The molecule has 0 saturated carbocycles. The quantitative estimate of drug-likeness (QED) is 0.843. The van der Waals surface area contributed by atoms with Crippen LogP contribution in [0.1, 0.15) is 24.1 Å². The van der Waals surface area contributed by atoms with E-state index in [4.69, 9.17) is 9.47 Å². The average Bonchev–Trinajstić information content (AvgIpc) is 2.55. The van der Waals surface area contributed by atoms with Crippen LogP contribution in [0, 0.1) is 0 Å². The van der Waals surface area contributed by atoms with E-state index in [0.717, 1.165) is 24.5 Å². The smallest absolute Gasteiger partial charge is 0.122 e. The molecule has 112 valence electrons. The van der Waals surface area contributed by atoms with Crippen LogP contribution in [0.25, 0.3) is 0 Å². The van der Waals surface area contributed by atoms with Crippen LogP contribution in [-0.4, -0.2) is 20.8 Å². The van der Waals surface area contributed by atoms with Gasteiger partial charge < -0.3 is 14.8 Å². The highest BCUT2D eigenvalue weighted by atomic mass is 16.5. The minimum absolute atomic E-state index is 0.237. The largest absolute Gasteiger partial charge is 0.497 e. The van der Waals surface area contributed by atoms with Gasteiger partial charge in [-0.25, -0.2) is 0 Å². The molecule has 2 aromatic rings. The molecule has 2 rings (SSSR count). The van der Waals surface area contributed by atoms with Crippen LogP contribution in [0.3, 0.4) is 0 Å². The molecule has 0 aliphatic rings. The molecule has 1 atom stereocenters. The monoisotopic (exact) mass is 285 g/mol. The Labute approximate surface area is 126 Å². The van der Waals surface area contributed by atoms with Crippen LogP contribution in [0.4, 0.5) is 0 Å². The Bertz CT molecular complexity index is 532. The third kappa shape index (κ3) is 4.23. The lowest BCUT2D eigenvalue weighted by Crippen LogP contribution is -2.23. The first kappa shape index (κ1) is 15.4. The molecule has 21 heavy (non-hydrogen) atoms. The van der Waals surface area contributed by atoms with Crippen molar-refractivity contribution in [2.24, 2.45) is 0 Å². The Morgan fingerprint density at radius 1 is 0.952 bits per heavy atom. The summed E-state index contributed by atoms with van der Waals surface area (Å²) in [5.74, 6) is 1.64. The predicted molar refractivity (Wildman–Crippen MR) is 86.1 cm³/mol. The van der Waals surface area contributed by atoms with Crippen molar-refractivity contribution >= 4 is 0 Å². The van der Waals surface area contributed by atoms with Crippen LogP contribution < -0.4 is 14.8 Å². The molecule has 0 bridgehead atoms. The minimum atomic E-state index is 0.237. The van der Waals surface area contributed by atoms with Crippen molar-refractivity contribution in [2.45, 2.75) is 19.4 Å². The summed E-state index contributed by atoms with van der Waals surface area (Å²) in [7, 11) is 3.36. The normalized spacial score (nSPS) is 12.0. The van der Waals surface area contributed by atoms with Gasteiger partial charge in [0.1, 0.15) is 11.5 Å². The molecule has 0 aliphatic heterocycles. The van der Waals surface area contributed by atoms with Crippen molar-refractivity contribution in [3.8, 4) is 11.5 Å². The van der Waals surface area contributed by atoms with E-state index in [1.165, 1.54) is 11.1 Å². The third-order valence-corrected chi connectivity index (χ3v) is 3.51. The average molecular weight is 285 g/mol. The van der Waals surface area contributed by atoms with Crippen LogP contribution in [0.5, 0.6) is 11.5 Å². The molecule has 2 aromatic carbocycles. The van der Waals surface area contributed by atoms with Gasteiger partial charge in [0.2, 0.25) is 0 Å². The Morgan fingerprint density at radius 2 is 1.57 bits per heavy atom. The second-order valence-corrected chi connectivity index (χ2v) is 4.95. The lowest BCUT2D eigenvalue weighted by Gasteiger charge is -2.20. The molecule has 0 spiro atoms. The van der Waals surface area contributed by atoms with E-state index < -0.39 is 0 Å². The SMILES string of the molecule is CCNC(Cc1ccccc1)c1cc(OC)cc(OC)c1. The molecule has 3 nitrogen and oxygen atoms in total. The fraction of sp³-hybridized carbons (Fsp3) is 0.333. The number of likely N-dealkylation sites (N-methyl/N-ethyl adjacent to an activating group) is 1. The summed E-state index contributed by atoms with van der Waals surface area (Å²) in [6.45, 7) is 3.03. The molecule has 0 radical (unpaired) electrons. The standard InChI is InChI=1S/C18H23NO2/c1-4-19-18(10-14-8-6-5-7-9-14)15-11-16(20-2)13-17(12-15)21-3/h5-9,11-13,18-19H,4,10H2,1-3H3. The lowest BCUT2D eigenvalue weighted by atomic mass is 9.98. The van der Waals surface area contributed by atoms with Crippen molar-refractivity contribution in [3.05, 3.63) is 59.7 Å². The zero-order valence-corrected chi connectivity index (χ0v) is 12.9. The summed E-state index contributed by atoms with van der Waals surface area (Å²) < 4.78 is 10.7. The Balaban J connectivity index is 2.28. The van der Waals surface area contributed by atoms with Gasteiger partial charge in [0.15, 0.2) is 0 Å². The molecule has 0 saturated heterocycles. The van der Waals surface area contributed by atoms with Gasteiger partial charge in [-0.15, -0.1) is 0 Å². The Kier molecular flexibility index (Phi) is 5.64. The van der Waals surface area contributed by atoms with E-state index in [0.29, 0.717) is 0 Å². The number of nitrogens with one attached hydrogen (secondary N) is 1. The number of hydrogen-bond acceptors (Lipinski definition) is 3. The predicted octanol–water partition coefficient (Wildman–Crippen LogP) is 3.60. The molecule has 0 amide bonds. The van der Waals surface area contributed by atoms with Gasteiger partial charge in [0.05, 0.1) is 14.2 Å². The maximum absolute atomic E-state index is 5.37. The van der Waals surface area contributed by atoms with E-state index in [-0.39, 0.29) is 6.04 Å². The van der Waals surface area contributed by atoms with Gasteiger partial charge in [-0.2, -0.15) is 0 Å². The second-order valence-electron chi connectivity index (χ2n) is 4.95. The topological polar surface area (TPSA) is 30.5 Å². The van der Waals surface area contributed by atoms with E-state index in [2.05, 4.69) is 48.6 Å². The minimum Gasteiger partial charge on any atom is -0.497 e. The van der Waals surface area contributed by atoms with Crippen molar-refractivity contribution in [1.82, 2.24) is 5.32 Å². The van der Waals surface area contributed by atoms with E-state index in [1.54, 1.807) is 14.2 Å². The van der Waals surface area contributed by atoms with E-state index >= 15 is 0 Å². The highest BCUT2D eigenvalue weighted by Gasteiger charge is 2.13. The van der Waals surface area contributed by atoms with Gasteiger partial charge in [0, 0.05) is 12.1 Å². The zero-order chi connectivity index (χ0) is 15.1. The number of methoxy groups -OCH3 is 2. The van der Waals surface area contributed by atoms with Gasteiger partial charge in [-0.3, -0.25) is 0 Å². The summed E-state index contributed by atoms with van der Waals surface area (Å²) in [4.78, 5) is 0. The summed E-state index contributed by atoms with van der Waals surface area (Å²) in [6, 6.07) is 16.8. The van der Waals surface area contributed by atoms with Gasteiger partial charge in [-0.05, 0) is 36.2 Å². The van der Waals surface area contributed by atoms with E-state index in [1.807, 2.05) is 12.1 Å². The number of ether oxygens (including phenoxy) is 2. The zero-order valence-electron chi connectivity index (χ0n) is 12.9. The summed E-state index contributed by atoms with van der Waals surface area (Å²) in [5, 5.41) is 3.54. The van der Waals surface area contributed by atoms with Crippen molar-refractivity contribution in [2.75, 3.05) is 20.8 Å². The molecule has 0 aromatic heterocycles. The van der Waals surface area contributed by atoms with Crippen LogP contribution in [0.15, 0.2) is 48.5 Å². The number of rotatable bonds is 7.